The minimum absolute atomic E-state index is 1.14. The molecular formula is C40H27NS. The van der Waals surface area contributed by atoms with Gasteiger partial charge < -0.3 is 4.90 Å². The van der Waals surface area contributed by atoms with Gasteiger partial charge in [-0.25, -0.2) is 0 Å². The Morgan fingerprint density at radius 2 is 0.881 bits per heavy atom. The second kappa shape index (κ2) is 10.3. The number of fused-ring (bicyclic) bond motifs is 5. The third kappa shape index (κ3) is 4.34. The maximum absolute atomic E-state index is 2.35. The van der Waals surface area contributed by atoms with Crippen LogP contribution in [-0.2, 0) is 0 Å². The van der Waals surface area contributed by atoms with Gasteiger partial charge in [0.15, 0.2) is 0 Å². The normalized spacial score (nSPS) is 11.3. The van der Waals surface area contributed by atoms with Crippen molar-refractivity contribution in [3.63, 3.8) is 0 Å². The zero-order valence-electron chi connectivity index (χ0n) is 22.9. The fraction of sp³-hybridized carbons (Fsp3) is 0. The zero-order valence-corrected chi connectivity index (χ0v) is 23.8. The Hall–Kier alpha value is -5.18. The van der Waals surface area contributed by atoms with E-state index in [0.717, 1.165) is 17.1 Å². The maximum atomic E-state index is 2.35. The standard InChI is InChI=1S/C40H27NS/c1-4-10-28(11-5-1)31-20-25-39-38(27-31)37-24-19-32-26-30(18-23-36(32)40(37)42-39)29-16-21-35(22-17-29)41(33-12-6-2-7-13-33)34-14-8-3-9-15-34/h1-27H. The molecule has 8 aromatic rings. The van der Waals surface area contributed by atoms with Gasteiger partial charge in [0.2, 0.25) is 0 Å². The van der Waals surface area contributed by atoms with Crippen LogP contribution in [0.4, 0.5) is 17.1 Å². The van der Waals surface area contributed by atoms with Crippen LogP contribution in [0, 0.1) is 0 Å². The van der Waals surface area contributed by atoms with Crippen LogP contribution in [-0.4, -0.2) is 0 Å². The van der Waals surface area contributed by atoms with E-state index >= 15 is 0 Å². The van der Waals surface area contributed by atoms with Gasteiger partial charge in [-0.1, -0.05) is 109 Å². The zero-order chi connectivity index (χ0) is 27.9. The number of nitrogens with zero attached hydrogens (tertiary/aromatic N) is 1. The number of anilines is 3. The molecule has 0 saturated carbocycles. The van der Waals surface area contributed by atoms with Gasteiger partial charge in [0, 0.05) is 37.2 Å². The maximum Gasteiger partial charge on any atom is 0.0462 e. The molecule has 0 N–H and O–H groups in total. The number of rotatable bonds is 5. The molecule has 0 amide bonds. The average Bonchev–Trinajstić information content (AvgIpc) is 3.45. The fourth-order valence-corrected chi connectivity index (χ4v) is 7.18. The van der Waals surface area contributed by atoms with E-state index < -0.39 is 0 Å². The third-order valence-electron chi connectivity index (χ3n) is 8.05. The third-order valence-corrected chi connectivity index (χ3v) is 9.27. The largest absolute Gasteiger partial charge is 0.311 e. The molecule has 0 saturated heterocycles. The van der Waals surface area contributed by atoms with Gasteiger partial charge in [0.05, 0.1) is 0 Å². The van der Waals surface area contributed by atoms with Gasteiger partial charge in [-0.3, -0.25) is 0 Å². The molecule has 0 radical (unpaired) electrons. The van der Waals surface area contributed by atoms with Crippen molar-refractivity contribution < 1.29 is 0 Å². The van der Waals surface area contributed by atoms with Crippen molar-refractivity contribution in [3.05, 3.63) is 164 Å². The lowest BCUT2D eigenvalue weighted by atomic mass is 9.98. The molecule has 42 heavy (non-hydrogen) atoms. The fourth-order valence-electron chi connectivity index (χ4n) is 5.96. The van der Waals surface area contributed by atoms with Crippen molar-refractivity contribution in [2.75, 3.05) is 4.90 Å². The summed E-state index contributed by atoms with van der Waals surface area (Å²) in [5.74, 6) is 0. The summed E-state index contributed by atoms with van der Waals surface area (Å²) in [6, 6.07) is 59.0. The van der Waals surface area contributed by atoms with E-state index in [0.29, 0.717) is 0 Å². The van der Waals surface area contributed by atoms with Crippen molar-refractivity contribution in [2.24, 2.45) is 0 Å². The molecule has 198 valence electrons. The van der Waals surface area contributed by atoms with Gasteiger partial charge >= 0.3 is 0 Å². The number of para-hydroxylation sites is 2. The highest BCUT2D eigenvalue weighted by atomic mass is 32.1. The predicted molar refractivity (Wildman–Crippen MR) is 182 cm³/mol. The average molecular weight is 554 g/mol. The van der Waals surface area contributed by atoms with Crippen LogP contribution in [0.3, 0.4) is 0 Å². The molecule has 7 aromatic carbocycles. The monoisotopic (exact) mass is 553 g/mol. The first-order chi connectivity index (χ1) is 20.8. The Balaban J connectivity index is 1.16. The van der Waals surface area contributed by atoms with E-state index in [4.69, 9.17) is 0 Å². The quantitative estimate of drug-likeness (QED) is 0.205. The van der Waals surface area contributed by atoms with Gasteiger partial charge in [0.1, 0.15) is 0 Å². The van der Waals surface area contributed by atoms with E-state index in [1.807, 2.05) is 11.3 Å². The van der Waals surface area contributed by atoms with E-state index in [9.17, 15) is 0 Å². The van der Waals surface area contributed by atoms with Crippen molar-refractivity contribution in [1.29, 1.82) is 0 Å². The summed E-state index contributed by atoms with van der Waals surface area (Å²) < 4.78 is 2.69. The van der Waals surface area contributed by atoms with Crippen molar-refractivity contribution >= 4 is 59.3 Å². The van der Waals surface area contributed by atoms with E-state index in [-0.39, 0.29) is 0 Å². The first kappa shape index (κ1) is 24.6. The molecule has 0 aliphatic rings. The highest BCUT2D eigenvalue weighted by Gasteiger charge is 2.13. The summed E-state index contributed by atoms with van der Waals surface area (Å²) in [5.41, 5.74) is 8.39. The highest BCUT2D eigenvalue weighted by molar-refractivity contribution is 7.26. The molecule has 0 spiro atoms. The van der Waals surface area contributed by atoms with Crippen LogP contribution >= 0.6 is 11.3 Å². The number of hydrogen-bond donors (Lipinski definition) is 0. The van der Waals surface area contributed by atoms with Crippen LogP contribution in [0.25, 0.3) is 53.2 Å². The van der Waals surface area contributed by atoms with Crippen molar-refractivity contribution in [3.8, 4) is 22.3 Å². The van der Waals surface area contributed by atoms with Gasteiger partial charge in [0.25, 0.3) is 0 Å². The summed E-state index contributed by atoms with van der Waals surface area (Å²) in [5, 5.41) is 5.25. The number of hydrogen-bond acceptors (Lipinski definition) is 2. The SMILES string of the molecule is c1ccc(-c2ccc3sc4c5ccc(-c6ccc(N(c7ccccc7)c7ccccc7)cc6)cc5ccc4c3c2)cc1. The summed E-state index contributed by atoms with van der Waals surface area (Å²) in [6.07, 6.45) is 0. The Morgan fingerprint density at radius 1 is 0.357 bits per heavy atom. The van der Waals surface area contributed by atoms with Gasteiger partial charge in [-0.15, -0.1) is 11.3 Å². The minimum Gasteiger partial charge on any atom is -0.311 e. The number of benzene rings is 7. The molecule has 0 unspecified atom stereocenters. The smallest absolute Gasteiger partial charge is 0.0462 e. The molecule has 8 rings (SSSR count). The summed E-state index contributed by atoms with van der Waals surface area (Å²) >= 11 is 1.89. The lowest BCUT2D eigenvalue weighted by Crippen LogP contribution is -2.09. The molecule has 1 aromatic heterocycles. The second-order valence-corrected chi connectivity index (χ2v) is 11.7. The van der Waals surface area contributed by atoms with E-state index in [1.165, 1.54) is 53.2 Å². The molecule has 0 aliphatic carbocycles. The summed E-state index contributed by atoms with van der Waals surface area (Å²) in [4.78, 5) is 2.30. The van der Waals surface area contributed by atoms with Gasteiger partial charge in [-0.2, -0.15) is 0 Å². The Morgan fingerprint density at radius 3 is 1.57 bits per heavy atom. The van der Waals surface area contributed by atoms with Crippen LogP contribution < -0.4 is 4.90 Å². The van der Waals surface area contributed by atoms with Crippen LogP contribution in [0.2, 0.25) is 0 Å². The Kier molecular flexibility index (Phi) is 6.05. The van der Waals surface area contributed by atoms with Gasteiger partial charge in [-0.05, 0) is 87.6 Å². The molecule has 1 heterocycles. The van der Waals surface area contributed by atoms with E-state index in [1.54, 1.807) is 0 Å². The lowest BCUT2D eigenvalue weighted by molar-refractivity contribution is 1.28. The molecule has 1 nitrogen and oxygen atoms in total. The molecule has 0 fully saturated rings. The van der Waals surface area contributed by atoms with Crippen molar-refractivity contribution in [2.45, 2.75) is 0 Å². The molecule has 0 bridgehead atoms. The lowest BCUT2D eigenvalue weighted by Gasteiger charge is -2.25. The number of thiophene rings is 1. The van der Waals surface area contributed by atoms with Crippen LogP contribution in [0.1, 0.15) is 0 Å². The molecule has 0 atom stereocenters. The van der Waals surface area contributed by atoms with Crippen LogP contribution in [0.15, 0.2) is 164 Å². The van der Waals surface area contributed by atoms with Crippen LogP contribution in [0.5, 0.6) is 0 Å². The van der Waals surface area contributed by atoms with E-state index in [2.05, 4.69) is 169 Å². The highest BCUT2D eigenvalue weighted by Crippen LogP contribution is 2.41. The molecular weight excluding hydrogens is 527 g/mol. The second-order valence-electron chi connectivity index (χ2n) is 10.6. The predicted octanol–water partition coefficient (Wildman–Crippen LogP) is 12.0. The Bertz CT molecular complexity index is 2120. The van der Waals surface area contributed by atoms with Crippen molar-refractivity contribution in [1.82, 2.24) is 0 Å². The molecule has 2 heteroatoms. The first-order valence-corrected chi connectivity index (χ1v) is 15.1. The summed E-state index contributed by atoms with van der Waals surface area (Å²) in [6.45, 7) is 0. The molecule has 0 aliphatic heterocycles. The Labute approximate surface area is 249 Å². The summed E-state index contributed by atoms with van der Waals surface area (Å²) in [7, 11) is 0. The topological polar surface area (TPSA) is 3.24 Å². The first-order valence-electron chi connectivity index (χ1n) is 14.3. The minimum atomic E-state index is 1.14.